The van der Waals surface area contributed by atoms with Crippen molar-refractivity contribution in [1.29, 1.82) is 0 Å². The Morgan fingerprint density at radius 2 is 1.48 bits per heavy atom. The summed E-state index contributed by atoms with van der Waals surface area (Å²) < 4.78 is 0. The van der Waals surface area contributed by atoms with E-state index in [9.17, 15) is 19.2 Å². The lowest BCUT2D eigenvalue weighted by Crippen LogP contribution is -2.42. The first-order chi connectivity index (χ1) is 13.0. The summed E-state index contributed by atoms with van der Waals surface area (Å²) in [5.74, 6) is -1.86. The number of rotatable bonds is 6. The van der Waals surface area contributed by atoms with E-state index < -0.39 is 35.3 Å². The van der Waals surface area contributed by atoms with Crippen LogP contribution in [0.15, 0.2) is 69.2 Å². The van der Waals surface area contributed by atoms with Crippen LogP contribution in [0, 0.1) is 0 Å². The Kier molecular flexibility index (Phi) is 5.21. The Balaban J connectivity index is 2.06. The van der Waals surface area contributed by atoms with E-state index >= 15 is 0 Å². The smallest absolute Gasteiger partial charge is 0.322 e. The van der Waals surface area contributed by atoms with Gasteiger partial charge in [0, 0.05) is 17.2 Å². The first-order valence-electron chi connectivity index (χ1n) is 8.27. The van der Waals surface area contributed by atoms with Crippen molar-refractivity contribution in [3.05, 3.63) is 86.0 Å². The van der Waals surface area contributed by atoms with E-state index in [1.54, 1.807) is 36.4 Å². The predicted octanol–water partition coefficient (Wildman–Crippen LogP) is 0.149. The van der Waals surface area contributed by atoms with Gasteiger partial charge in [-0.2, -0.15) is 0 Å². The van der Waals surface area contributed by atoms with E-state index in [-0.39, 0.29) is 22.6 Å². The van der Waals surface area contributed by atoms with Gasteiger partial charge in [-0.05, 0) is 5.56 Å². The number of carbonyl (C=O) groups is 2. The third kappa shape index (κ3) is 3.98. The number of amides is 1. The number of aliphatic carboxylic acids is 1. The van der Waals surface area contributed by atoms with E-state index in [4.69, 9.17) is 5.11 Å². The van der Waals surface area contributed by atoms with E-state index in [2.05, 4.69) is 10.3 Å². The molecule has 0 aliphatic carbocycles. The summed E-state index contributed by atoms with van der Waals surface area (Å²) in [5, 5.41) is 11.2. The van der Waals surface area contributed by atoms with Gasteiger partial charge in [0.25, 0.3) is 0 Å². The van der Waals surface area contributed by atoms with Crippen molar-refractivity contribution in [2.75, 3.05) is 6.54 Å². The fourth-order valence-corrected chi connectivity index (χ4v) is 2.83. The molecule has 0 aliphatic rings. The fourth-order valence-electron chi connectivity index (χ4n) is 2.83. The summed E-state index contributed by atoms with van der Waals surface area (Å²) in [6.45, 7) is -0.572. The van der Waals surface area contributed by atoms with Crippen molar-refractivity contribution in [3.8, 4) is 0 Å². The van der Waals surface area contributed by atoms with Crippen LogP contribution < -0.4 is 21.5 Å². The van der Waals surface area contributed by atoms with Crippen LogP contribution in [-0.2, 0) is 16.0 Å². The quantitative estimate of drug-likeness (QED) is 0.646. The average molecular weight is 364 g/mol. The highest BCUT2D eigenvalue weighted by atomic mass is 16.4. The molecule has 0 spiro atoms. The van der Waals surface area contributed by atoms with Crippen LogP contribution in [0.25, 0.3) is 10.8 Å². The Labute approximate surface area is 153 Å². The maximum atomic E-state index is 12.5. The number of carboxylic acids is 1. The summed E-state index contributed by atoms with van der Waals surface area (Å²) in [6, 6.07) is 14.2. The van der Waals surface area contributed by atoms with Crippen molar-refractivity contribution < 1.29 is 14.7 Å². The third-order valence-corrected chi connectivity index (χ3v) is 4.12. The Hall–Kier alpha value is -3.61. The number of carboxylic acid groups (broad SMARTS) is 1. The minimum absolute atomic E-state index is 0.132. The van der Waals surface area contributed by atoms with Gasteiger partial charge in [-0.25, -0.2) is 0 Å². The number of nitrogens with zero attached hydrogens (tertiary/aromatic N) is 1. The molecule has 0 heterocycles. The fraction of sp³-hybridized carbons (Fsp3) is 0.150. The Morgan fingerprint density at radius 1 is 0.926 bits per heavy atom. The molecule has 2 N–H and O–H groups in total. The minimum atomic E-state index is -1.20. The molecule has 0 saturated carbocycles. The van der Waals surface area contributed by atoms with Gasteiger partial charge in [-0.1, -0.05) is 54.6 Å². The number of hydrogen-bond donors (Lipinski definition) is 2. The lowest BCUT2D eigenvalue weighted by atomic mass is 10.1. The standard InChI is InChI=1S/C20H16N2O5/c23-16(24)11-21-20(27)15(10-12-6-2-1-3-7-12)22-17-18(25)13-8-4-5-9-14(13)19(17)26/h1-9,15H,10-11H2,(H,21,27)(H,23,24). The molecule has 7 nitrogen and oxygen atoms in total. The highest BCUT2D eigenvalue weighted by molar-refractivity contribution is 5.86. The Bertz CT molecular complexity index is 1090. The molecule has 3 aromatic carbocycles. The maximum absolute atomic E-state index is 12.5. The molecule has 0 fully saturated rings. The number of hydrogen-bond acceptors (Lipinski definition) is 5. The second-order valence-corrected chi connectivity index (χ2v) is 6.00. The van der Waals surface area contributed by atoms with Crippen LogP contribution in [-0.4, -0.2) is 29.6 Å². The van der Waals surface area contributed by atoms with Crippen LogP contribution in [0.5, 0.6) is 0 Å². The molecule has 1 unspecified atom stereocenters. The summed E-state index contributed by atoms with van der Waals surface area (Å²) in [5.41, 5.74) is -0.285. The van der Waals surface area contributed by atoms with Crippen LogP contribution >= 0.6 is 0 Å². The van der Waals surface area contributed by atoms with Gasteiger partial charge in [-0.3, -0.25) is 24.2 Å². The highest BCUT2D eigenvalue weighted by Crippen LogP contribution is 2.07. The number of carbonyl (C=O) groups excluding carboxylic acids is 1. The first kappa shape index (κ1) is 18.2. The van der Waals surface area contributed by atoms with Crippen LogP contribution in [0.1, 0.15) is 5.56 Å². The van der Waals surface area contributed by atoms with Gasteiger partial charge in [0.15, 0.2) is 5.36 Å². The number of benzene rings is 2. The lowest BCUT2D eigenvalue weighted by molar-refractivity contribution is -0.138. The Morgan fingerprint density at radius 3 is 2.04 bits per heavy atom. The molecule has 1 atom stereocenters. The molecule has 0 aromatic heterocycles. The molecule has 0 bridgehead atoms. The number of nitrogens with one attached hydrogen (secondary N) is 1. The zero-order valence-corrected chi connectivity index (χ0v) is 14.2. The van der Waals surface area contributed by atoms with E-state index in [1.165, 1.54) is 12.1 Å². The normalized spacial score (nSPS) is 11.9. The van der Waals surface area contributed by atoms with Gasteiger partial charge in [0.2, 0.25) is 16.8 Å². The molecule has 1 amide bonds. The van der Waals surface area contributed by atoms with Crippen molar-refractivity contribution >= 4 is 22.6 Å². The molecule has 7 heteroatoms. The topological polar surface area (TPSA) is 113 Å². The molecule has 27 heavy (non-hydrogen) atoms. The molecule has 0 aliphatic heterocycles. The van der Waals surface area contributed by atoms with Crippen LogP contribution in [0.2, 0.25) is 0 Å². The van der Waals surface area contributed by atoms with Gasteiger partial charge < -0.3 is 10.4 Å². The minimum Gasteiger partial charge on any atom is -0.480 e. The summed E-state index contributed by atoms with van der Waals surface area (Å²) in [4.78, 5) is 52.3. The second-order valence-electron chi connectivity index (χ2n) is 6.00. The summed E-state index contributed by atoms with van der Waals surface area (Å²) in [6.07, 6.45) is 0.132. The largest absolute Gasteiger partial charge is 0.480 e. The van der Waals surface area contributed by atoms with Crippen LogP contribution in [0.3, 0.4) is 0 Å². The zero-order valence-electron chi connectivity index (χ0n) is 14.2. The molecular formula is C20H16N2O5. The molecule has 0 radical (unpaired) electrons. The summed E-state index contributed by atoms with van der Waals surface area (Å²) in [7, 11) is 0. The van der Waals surface area contributed by atoms with Crippen molar-refractivity contribution in [1.82, 2.24) is 5.32 Å². The zero-order chi connectivity index (χ0) is 19.4. The molecule has 3 rings (SSSR count). The SMILES string of the molecule is O=C(O)CNC(=O)C(Cc1ccccc1)N=c1c(=O)c2ccccc2c1=O. The molecule has 136 valence electrons. The van der Waals surface area contributed by atoms with Crippen molar-refractivity contribution in [2.45, 2.75) is 12.5 Å². The first-order valence-corrected chi connectivity index (χ1v) is 8.27. The van der Waals surface area contributed by atoms with E-state index in [1.807, 2.05) is 6.07 Å². The van der Waals surface area contributed by atoms with Gasteiger partial charge >= 0.3 is 5.97 Å². The van der Waals surface area contributed by atoms with E-state index in [0.29, 0.717) is 0 Å². The third-order valence-electron chi connectivity index (χ3n) is 4.12. The molecule has 3 aromatic rings. The van der Waals surface area contributed by atoms with Gasteiger partial charge in [-0.15, -0.1) is 0 Å². The van der Waals surface area contributed by atoms with Crippen molar-refractivity contribution in [3.63, 3.8) is 0 Å². The average Bonchev–Trinajstić information content (AvgIpc) is 2.91. The summed E-state index contributed by atoms with van der Waals surface area (Å²) >= 11 is 0. The van der Waals surface area contributed by atoms with Gasteiger partial charge in [0.05, 0.1) is 0 Å². The molecular weight excluding hydrogens is 348 g/mol. The number of fused-ring (bicyclic) bond motifs is 1. The van der Waals surface area contributed by atoms with Crippen molar-refractivity contribution in [2.24, 2.45) is 4.99 Å². The second kappa shape index (κ2) is 7.74. The monoisotopic (exact) mass is 364 g/mol. The maximum Gasteiger partial charge on any atom is 0.322 e. The van der Waals surface area contributed by atoms with Crippen LogP contribution in [0.4, 0.5) is 0 Å². The van der Waals surface area contributed by atoms with Gasteiger partial charge in [0.1, 0.15) is 12.6 Å². The van der Waals surface area contributed by atoms with E-state index in [0.717, 1.165) is 5.56 Å². The highest BCUT2D eigenvalue weighted by Gasteiger charge is 2.20. The lowest BCUT2D eigenvalue weighted by Gasteiger charge is -2.11. The predicted molar refractivity (Wildman–Crippen MR) is 99.0 cm³/mol. The molecule has 0 saturated heterocycles.